The predicted octanol–water partition coefficient (Wildman–Crippen LogP) is 5.10. The van der Waals surface area contributed by atoms with Crippen molar-refractivity contribution < 1.29 is 23.9 Å². The highest BCUT2D eigenvalue weighted by atomic mass is 16.6. The van der Waals surface area contributed by atoms with E-state index in [0.717, 1.165) is 11.1 Å². The molecule has 3 amide bonds. The van der Waals surface area contributed by atoms with Gasteiger partial charge in [0.25, 0.3) is 11.7 Å². The number of fused-ring (bicyclic) bond motifs is 1. The first-order valence-corrected chi connectivity index (χ1v) is 13.5. The largest absolute Gasteiger partial charge is 0.444 e. The second kappa shape index (κ2) is 12.4. The normalized spacial score (nSPS) is 12.5. The fourth-order valence-corrected chi connectivity index (χ4v) is 4.08. The van der Waals surface area contributed by atoms with E-state index in [2.05, 4.69) is 15.6 Å². The zero-order chi connectivity index (χ0) is 29.7. The number of nitrogens with zero attached hydrogens (tertiary/aromatic N) is 1. The Morgan fingerprint density at radius 3 is 2.33 bits per heavy atom. The van der Waals surface area contributed by atoms with Crippen LogP contribution in [-0.2, 0) is 27.4 Å². The summed E-state index contributed by atoms with van der Waals surface area (Å²) in [5.74, 6) is -1.83. The molecule has 1 heterocycles. The molecule has 0 saturated heterocycles. The molecule has 40 heavy (non-hydrogen) atoms. The number of hydrogen-bond acceptors (Lipinski definition) is 5. The summed E-state index contributed by atoms with van der Waals surface area (Å²) in [4.78, 5) is 56.9. The minimum Gasteiger partial charge on any atom is -0.444 e. The molecule has 214 valence electrons. The van der Waals surface area contributed by atoms with Gasteiger partial charge in [-0.3, -0.25) is 14.4 Å². The number of nitrogens with one attached hydrogen (secondary N) is 3. The molecule has 0 aliphatic rings. The summed E-state index contributed by atoms with van der Waals surface area (Å²) in [6.07, 6.45) is 1.68. The Labute approximate surface area is 235 Å². The van der Waals surface area contributed by atoms with Gasteiger partial charge in [0.1, 0.15) is 11.6 Å². The summed E-state index contributed by atoms with van der Waals surface area (Å²) >= 11 is 0. The van der Waals surface area contributed by atoms with Crippen molar-refractivity contribution in [2.45, 2.75) is 85.2 Å². The van der Waals surface area contributed by atoms with Crippen molar-refractivity contribution in [1.82, 2.24) is 20.5 Å². The number of alkyl carbamates (subject to hydrolysis) is 1. The van der Waals surface area contributed by atoms with Crippen molar-refractivity contribution in [2.24, 2.45) is 0 Å². The monoisotopic (exact) mass is 548 g/mol. The van der Waals surface area contributed by atoms with Crippen LogP contribution in [0.3, 0.4) is 0 Å². The molecule has 9 heteroatoms. The van der Waals surface area contributed by atoms with E-state index in [0.29, 0.717) is 17.4 Å². The van der Waals surface area contributed by atoms with E-state index in [-0.39, 0.29) is 24.6 Å². The van der Waals surface area contributed by atoms with E-state index >= 15 is 0 Å². The number of rotatable bonds is 10. The van der Waals surface area contributed by atoms with Gasteiger partial charge in [-0.1, -0.05) is 49.4 Å². The third-order valence-electron chi connectivity index (χ3n) is 6.66. The number of benzene rings is 2. The zero-order valence-electron chi connectivity index (χ0n) is 24.4. The first-order chi connectivity index (χ1) is 18.7. The molecule has 0 fully saturated rings. The highest BCUT2D eigenvalue weighted by Crippen LogP contribution is 2.21. The van der Waals surface area contributed by atoms with E-state index in [4.69, 9.17) is 4.74 Å². The maximum Gasteiger partial charge on any atom is 0.407 e. The minimum absolute atomic E-state index is 0.0222. The highest BCUT2D eigenvalue weighted by Gasteiger charge is 2.33. The van der Waals surface area contributed by atoms with Crippen LogP contribution in [0.5, 0.6) is 0 Å². The van der Waals surface area contributed by atoms with Crippen LogP contribution in [0.2, 0.25) is 0 Å². The van der Waals surface area contributed by atoms with Gasteiger partial charge in [0.05, 0.1) is 5.56 Å². The molecule has 0 saturated carbocycles. The lowest BCUT2D eigenvalue weighted by molar-refractivity contribution is -0.138. The quantitative estimate of drug-likeness (QED) is 0.241. The number of carbonyl (C=O) groups is 4. The number of para-hydroxylation sites is 1. The summed E-state index contributed by atoms with van der Waals surface area (Å²) in [6.45, 7) is 13.0. The van der Waals surface area contributed by atoms with Crippen molar-refractivity contribution in [3.8, 4) is 0 Å². The maximum atomic E-state index is 13.7. The van der Waals surface area contributed by atoms with E-state index in [1.165, 1.54) is 11.1 Å². The lowest BCUT2D eigenvalue weighted by Gasteiger charge is -2.32. The number of amides is 3. The number of Topliss-reactive ketones (excluding diaryl/α,β-unsaturated/α-hetero) is 1. The number of ketones is 1. The lowest BCUT2D eigenvalue weighted by Crippen LogP contribution is -2.54. The van der Waals surface area contributed by atoms with Gasteiger partial charge in [-0.2, -0.15) is 0 Å². The van der Waals surface area contributed by atoms with Gasteiger partial charge in [-0.05, 0) is 65.2 Å². The first kappa shape index (κ1) is 30.4. The van der Waals surface area contributed by atoms with Crippen LogP contribution in [0.4, 0.5) is 4.79 Å². The number of aromatic amines is 1. The number of aromatic nitrogens is 1. The lowest BCUT2D eigenvalue weighted by atomic mass is 10.0. The molecule has 0 spiro atoms. The minimum atomic E-state index is -0.920. The molecule has 2 aromatic carbocycles. The van der Waals surface area contributed by atoms with Crippen molar-refractivity contribution in [1.29, 1.82) is 0 Å². The Bertz CT molecular complexity index is 1390. The maximum absolute atomic E-state index is 13.7. The molecule has 1 unspecified atom stereocenters. The standard InChI is InChI=1S/C31H40N4O5/c1-8-31(6,7)34-27(37)20(2)35(28(38)26(36)24-18-32-25-15-10-9-14-23(24)25)19-22-13-11-12-21(16-22)17-33-29(39)40-30(3,4)5/h9-16,18,20,32H,8,17,19H2,1-7H3,(H,33,39)(H,34,37). The van der Waals surface area contributed by atoms with Crippen LogP contribution in [0, 0.1) is 0 Å². The molecule has 0 bridgehead atoms. The number of ether oxygens (including phenoxy) is 1. The molecule has 3 rings (SSSR count). The summed E-state index contributed by atoms with van der Waals surface area (Å²) < 4.78 is 5.30. The topological polar surface area (TPSA) is 121 Å². The fourth-order valence-electron chi connectivity index (χ4n) is 4.08. The van der Waals surface area contributed by atoms with Crippen molar-refractivity contribution >= 4 is 34.6 Å². The van der Waals surface area contributed by atoms with Crippen LogP contribution >= 0.6 is 0 Å². The van der Waals surface area contributed by atoms with Gasteiger partial charge in [0, 0.05) is 35.7 Å². The third kappa shape index (κ3) is 7.94. The average molecular weight is 549 g/mol. The van der Waals surface area contributed by atoms with E-state index in [1.54, 1.807) is 45.9 Å². The Morgan fingerprint density at radius 1 is 0.975 bits per heavy atom. The van der Waals surface area contributed by atoms with Crippen LogP contribution in [0.1, 0.15) is 76.4 Å². The van der Waals surface area contributed by atoms with Gasteiger partial charge in [-0.25, -0.2) is 4.79 Å². The van der Waals surface area contributed by atoms with Crippen LogP contribution < -0.4 is 10.6 Å². The molecule has 0 radical (unpaired) electrons. The van der Waals surface area contributed by atoms with Gasteiger partial charge < -0.3 is 25.3 Å². The molecule has 1 aromatic heterocycles. The van der Waals surface area contributed by atoms with Gasteiger partial charge in [0.15, 0.2) is 0 Å². The molecular weight excluding hydrogens is 508 g/mol. The zero-order valence-corrected chi connectivity index (χ0v) is 24.4. The van der Waals surface area contributed by atoms with Crippen LogP contribution in [0.25, 0.3) is 10.9 Å². The fraction of sp³-hybridized carbons (Fsp3) is 0.419. The Hall–Kier alpha value is -4.14. The van der Waals surface area contributed by atoms with Crippen molar-refractivity contribution in [2.75, 3.05) is 0 Å². The summed E-state index contributed by atoms with van der Waals surface area (Å²) in [7, 11) is 0. The molecule has 0 aliphatic carbocycles. The third-order valence-corrected chi connectivity index (χ3v) is 6.66. The Kier molecular flexibility index (Phi) is 9.40. The van der Waals surface area contributed by atoms with Crippen molar-refractivity contribution in [3.05, 3.63) is 71.4 Å². The molecule has 1 atom stereocenters. The molecule has 0 aliphatic heterocycles. The van der Waals surface area contributed by atoms with E-state index in [1.807, 2.05) is 51.1 Å². The van der Waals surface area contributed by atoms with E-state index < -0.39 is 35.0 Å². The second-order valence-electron chi connectivity index (χ2n) is 11.6. The molecule has 3 N–H and O–H groups in total. The van der Waals surface area contributed by atoms with Gasteiger partial charge in [-0.15, -0.1) is 0 Å². The summed E-state index contributed by atoms with van der Waals surface area (Å²) in [6, 6.07) is 13.6. The second-order valence-corrected chi connectivity index (χ2v) is 11.6. The molecule has 3 aromatic rings. The molecular formula is C31H40N4O5. The van der Waals surface area contributed by atoms with Crippen LogP contribution in [0.15, 0.2) is 54.7 Å². The SMILES string of the molecule is CCC(C)(C)NC(=O)C(C)N(Cc1cccc(CNC(=O)OC(C)(C)C)c1)C(=O)C(=O)c1c[nH]c2ccccc12. The number of H-pyrrole nitrogens is 1. The number of hydrogen-bond donors (Lipinski definition) is 3. The summed E-state index contributed by atoms with van der Waals surface area (Å²) in [5, 5.41) is 6.34. The Morgan fingerprint density at radius 2 is 1.65 bits per heavy atom. The van der Waals surface area contributed by atoms with E-state index in [9.17, 15) is 19.2 Å². The van der Waals surface area contributed by atoms with Gasteiger partial charge in [0.2, 0.25) is 5.91 Å². The predicted molar refractivity (Wildman–Crippen MR) is 155 cm³/mol. The average Bonchev–Trinajstić information content (AvgIpc) is 3.32. The van der Waals surface area contributed by atoms with Gasteiger partial charge >= 0.3 is 6.09 Å². The van der Waals surface area contributed by atoms with Crippen LogP contribution in [-0.4, -0.2) is 50.8 Å². The Balaban J connectivity index is 1.87. The summed E-state index contributed by atoms with van der Waals surface area (Å²) in [5.41, 5.74) is 1.38. The molecule has 9 nitrogen and oxygen atoms in total. The van der Waals surface area contributed by atoms with Crippen molar-refractivity contribution in [3.63, 3.8) is 0 Å². The smallest absolute Gasteiger partial charge is 0.407 e. The highest BCUT2D eigenvalue weighted by molar-refractivity contribution is 6.45. The first-order valence-electron chi connectivity index (χ1n) is 13.5. The number of carbonyl (C=O) groups excluding carboxylic acids is 4.